The Morgan fingerprint density at radius 1 is 1.32 bits per heavy atom. The van der Waals surface area contributed by atoms with Gasteiger partial charge in [-0.25, -0.2) is 4.39 Å². The zero-order chi connectivity index (χ0) is 19.8. The second-order valence-corrected chi connectivity index (χ2v) is 7.48. The number of carbonyl (C=O) groups is 1. The van der Waals surface area contributed by atoms with Gasteiger partial charge in [-0.15, -0.1) is 0 Å². The molecule has 0 bridgehead atoms. The minimum atomic E-state index is -0.541. The van der Waals surface area contributed by atoms with E-state index >= 15 is 0 Å². The molecule has 4 rings (SSSR count). The number of halogens is 2. The number of aromatic nitrogens is 3. The van der Waals surface area contributed by atoms with E-state index in [-0.39, 0.29) is 17.0 Å². The molecule has 1 fully saturated rings. The highest BCUT2D eigenvalue weighted by atomic mass is 35.5. The van der Waals surface area contributed by atoms with Gasteiger partial charge >= 0.3 is 0 Å². The van der Waals surface area contributed by atoms with Crippen LogP contribution in [0.5, 0.6) is 0 Å². The van der Waals surface area contributed by atoms with Crippen molar-refractivity contribution < 1.29 is 13.7 Å². The molecular weight excluding hydrogens is 383 g/mol. The van der Waals surface area contributed by atoms with Crippen LogP contribution in [0.25, 0.3) is 11.3 Å². The third-order valence-electron chi connectivity index (χ3n) is 5.00. The van der Waals surface area contributed by atoms with E-state index in [1.165, 1.54) is 18.2 Å². The first-order valence-corrected chi connectivity index (χ1v) is 9.55. The molecule has 0 radical (unpaired) electrons. The van der Waals surface area contributed by atoms with Gasteiger partial charge in [-0.1, -0.05) is 16.8 Å². The zero-order valence-corrected chi connectivity index (χ0v) is 16.4. The van der Waals surface area contributed by atoms with Crippen molar-refractivity contribution in [3.05, 3.63) is 58.3 Å². The lowest BCUT2D eigenvalue weighted by Crippen LogP contribution is -2.39. The number of hydrogen-bond acceptors (Lipinski definition) is 4. The first kappa shape index (κ1) is 18.7. The number of carbonyl (C=O) groups excluding carboxylic acids is 1. The summed E-state index contributed by atoms with van der Waals surface area (Å²) in [6, 6.07) is 5.72. The number of likely N-dealkylation sites (tertiary alicyclic amines) is 1. The maximum atomic E-state index is 13.5. The maximum Gasteiger partial charge on any atom is 0.254 e. The number of piperidine rings is 1. The van der Waals surface area contributed by atoms with E-state index in [2.05, 4.69) is 10.3 Å². The predicted octanol–water partition coefficient (Wildman–Crippen LogP) is 4.54. The van der Waals surface area contributed by atoms with Crippen LogP contribution in [0, 0.1) is 12.7 Å². The van der Waals surface area contributed by atoms with E-state index in [1.54, 1.807) is 9.58 Å². The van der Waals surface area contributed by atoms with Crippen molar-refractivity contribution in [3.8, 4) is 11.3 Å². The van der Waals surface area contributed by atoms with Crippen molar-refractivity contribution in [2.24, 2.45) is 7.05 Å². The lowest BCUT2D eigenvalue weighted by Gasteiger charge is -2.35. The third kappa shape index (κ3) is 3.42. The van der Waals surface area contributed by atoms with Gasteiger partial charge in [0.25, 0.3) is 5.91 Å². The number of hydrogen-bond donors (Lipinski definition) is 0. The minimum absolute atomic E-state index is 0.0601. The molecule has 146 valence electrons. The van der Waals surface area contributed by atoms with Crippen LogP contribution in [0.15, 0.2) is 35.0 Å². The van der Waals surface area contributed by atoms with Crippen LogP contribution < -0.4 is 0 Å². The monoisotopic (exact) mass is 402 g/mol. The first-order chi connectivity index (χ1) is 13.4. The van der Waals surface area contributed by atoms with E-state index in [0.717, 1.165) is 36.2 Å². The number of benzene rings is 1. The van der Waals surface area contributed by atoms with Crippen molar-refractivity contribution >= 4 is 17.5 Å². The predicted molar refractivity (Wildman–Crippen MR) is 102 cm³/mol. The molecule has 3 aromatic rings. The Morgan fingerprint density at radius 2 is 2.14 bits per heavy atom. The van der Waals surface area contributed by atoms with Gasteiger partial charge in [-0.05, 0) is 44.4 Å². The minimum Gasteiger partial charge on any atom is -0.356 e. The maximum absolute atomic E-state index is 13.5. The lowest BCUT2D eigenvalue weighted by molar-refractivity contribution is 0.0605. The first-order valence-electron chi connectivity index (χ1n) is 9.17. The highest BCUT2D eigenvalue weighted by Crippen LogP contribution is 2.37. The molecular formula is C20H20ClFN4O2. The van der Waals surface area contributed by atoms with E-state index in [4.69, 9.17) is 16.1 Å². The zero-order valence-electron chi connectivity index (χ0n) is 15.7. The molecule has 2 aromatic heterocycles. The molecule has 6 nitrogen and oxygen atoms in total. The Kier molecular flexibility index (Phi) is 4.93. The van der Waals surface area contributed by atoms with Crippen LogP contribution in [-0.4, -0.2) is 32.3 Å². The average molecular weight is 403 g/mol. The van der Waals surface area contributed by atoms with E-state index in [0.29, 0.717) is 17.9 Å². The Morgan fingerprint density at radius 3 is 2.86 bits per heavy atom. The highest BCUT2D eigenvalue weighted by Gasteiger charge is 2.33. The topological polar surface area (TPSA) is 64.2 Å². The van der Waals surface area contributed by atoms with Crippen molar-refractivity contribution in [3.63, 3.8) is 0 Å². The van der Waals surface area contributed by atoms with Gasteiger partial charge in [0.1, 0.15) is 5.82 Å². The second kappa shape index (κ2) is 7.39. The summed E-state index contributed by atoms with van der Waals surface area (Å²) in [4.78, 5) is 15.0. The number of aryl methyl sites for hydroxylation is 2. The van der Waals surface area contributed by atoms with Crippen molar-refractivity contribution in [2.45, 2.75) is 32.2 Å². The van der Waals surface area contributed by atoms with Crippen LogP contribution in [0.2, 0.25) is 5.02 Å². The van der Waals surface area contributed by atoms with Crippen LogP contribution in [0.3, 0.4) is 0 Å². The van der Waals surface area contributed by atoms with Crippen LogP contribution >= 0.6 is 11.6 Å². The molecule has 1 saturated heterocycles. The standard InChI is InChI=1S/C20H20ClFN4O2/c1-12-9-18(28-24-12)14-11-25(2)23-19(14)17-5-3-4-8-26(17)20(27)13-6-7-16(22)15(21)10-13/h6-7,9-11,17H,3-5,8H2,1-2H3/t17-/m1/s1. The number of nitrogens with zero attached hydrogens (tertiary/aromatic N) is 4. The molecule has 1 aliphatic heterocycles. The van der Waals surface area contributed by atoms with Crippen LogP contribution in [0.1, 0.15) is 47.1 Å². The van der Waals surface area contributed by atoms with Gasteiger partial charge in [0.15, 0.2) is 5.76 Å². The van der Waals surface area contributed by atoms with E-state index in [9.17, 15) is 9.18 Å². The summed E-state index contributed by atoms with van der Waals surface area (Å²) in [5.74, 6) is -0.0959. The van der Waals surface area contributed by atoms with Gasteiger partial charge in [0.05, 0.1) is 28.0 Å². The smallest absolute Gasteiger partial charge is 0.254 e. The summed E-state index contributed by atoms with van der Waals surface area (Å²) < 4.78 is 20.7. The Balaban J connectivity index is 1.72. The van der Waals surface area contributed by atoms with E-state index < -0.39 is 5.82 Å². The normalized spacial score (nSPS) is 17.1. The van der Waals surface area contributed by atoms with Gasteiger partial charge in [0, 0.05) is 31.4 Å². The summed E-state index contributed by atoms with van der Waals surface area (Å²) in [5, 5.41) is 8.53. The van der Waals surface area contributed by atoms with Crippen molar-refractivity contribution in [1.82, 2.24) is 19.8 Å². The molecule has 3 heterocycles. The van der Waals surface area contributed by atoms with Gasteiger partial charge in [-0.2, -0.15) is 5.10 Å². The Labute approximate surface area is 166 Å². The van der Waals surface area contributed by atoms with Crippen LogP contribution in [-0.2, 0) is 7.05 Å². The average Bonchev–Trinajstić information content (AvgIpc) is 3.29. The van der Waals surface area contributed by atoms with Crippen molar-refractivity contribution in [2.75, 3.05) is 6.54 Å². The highest BCUT2D eigenvalue weighted by molar-refractivity contribution is 6.31. The van der Waals surface area contributed by atoms with Gasteiger partial charge in [0.2, 0.25) is 0 Å². The van der Waals surface area contributed by atoms with Crippen molar-refractivity contribution in [1.29, 1.82) is 0 Å². The molecule has 8 heteroatoms. The summed E-state index contributed by atoms with van der Waals surface area (Å²) in [7, 11) is 1.84. The molecule has 0 saturated carbocycles. The molecule has 0 aliphatic carbocycles. The number of rotatable bonds is 3. The number of amides is 1. The second-order valence-electron chi connectivity index (χ2n) is 7.07. The fourth-order valence-corrected chi connectivity index (χ4v) is 3.87. The fourth-order valence-electron chi connectivity index (χ4n) is 3.69. The fraction of sp³-hybridized carbons (Fsp3) is 0.350. The Bertz CT molecular complexity index is 1030. The van der Waals surface area contributed by atoms with Gasteiger partial charge < -0.3 is 9.42 Å². The Hall–Kier alpha value is -2.67. The molecule has 0 N–H and O–H groups in total. The third-order valence-corrected chi connectivity index (χ3v) is 5.29. The molecule has 28 heavy (non-hydrogen) atoms. The largest absolute Gasteiger partial charge is 0.356 e. The molecule has 1 amide bonds. The van der Waals surface area contributed by atoms with Gasteiger partial charge in [-0.3, -0.25) is 9.48 Å². The molecule has 0 unspecified atom stereocenters. The summed E-state index contributed by atoms with van der Waals surface area (Å²) in [5.41, 5.74) is 2.75. The summed E-state index contributed by atoms with van der Waals surface area (Å²) >= 11 is 5.88. The molecule has 1 aromatic carbocycles. The molecule has 0 spiro atoms. The molecule has 1 aliphatic rings. The lowest BCUT2D eigenvalue weighted by atomic mass is 9.95. The summed E-state index contributed by atoms with van der Waals surface area (Å²) in [6.45, 7) is 2.46. The quantitative estimate of drug-likeness (QED) is 0.645. The van der Waals surface area contributed by atoms with E-state index in [1.807, 2.05) is 26.2 Å². The van der Waals surface area contributed by atoms with Crippen LogP contribution in [0.4, 0.5) is 4.39 Å². The SMILES string of the molecule is Cc1cc(-c2cn(C)nc2[C@H]2CCCCN2C(=O)c2ccc(F)c(Cl)c2)on1. The molecule has 1 atom stereocenters. The summed E-state index contributed by atoms with van der Waals surface area (Å²) in [6.07, 6.45) is 4.56.